The molecule has 2 atom stereocenters. The summed E-state index contributed by atoms with van der Waals surface area (Å²) in [4.78, 5) is 0. The van der Waals surface area contributed by atoms with Gasteiger partial charge in [-0.25, -0.2) is 0 Å². The van der Waals surface area contributed by atoms with Crippen LogP contribution >= 0.6 is 0 Å². The maximum Gasteiger partial charge on any atom is 0.112 e. The van der Waals surface area contributed by atoms with E-state index in [1.165, 1.54) is 24.8 Å². The van der Waals surface area contributed by atoms with E-state index in [4.69, 9.17) is 0 Å². The zero-order valence-electron chi connectivity index (χ0n) is 8.24. The third kappa shape index (κ3) is 2.10. The molecule has 0 aromatic heterocycles. The van der Waals surface area contributed by atoms with Gasteiger partial charge < -0.3 is 5.32 Å². The van der Waals surface area contributed by atoms with Crippen LogP contribution in [0.3, 0.4) is 0 Å². The molecule has 0 amide bonds. The van der Waals surface area contributed by atoms with Crippen molar-refractivity contribution in [1.82, 2.24) is 0 Å². The SMILES string of the molecule is C[C@@H]1CCC[C@H](c2ccccc2)[NH2+]1. The molecule has 2 rings (SSSR count). The second-order valence-electron chi connectivity index (χ2n) is 4.12. The molecule has 1 heterocycles. The summed E-state index contributed by atoms with van der Waals surface area (Å²) in [5, 5.41) is 2.51. The van der Waals surface area contributed by atoms with Crippen molar-refractivity contribution in [3.8, 4) is 0 Å². The van der Waals surface area contributed by atoms with Crippen molar-refractivity contribution in [2.75, 3.05) is 0 Å². The van der Waals surface area contributed by atoms with Crippen LogP contribution in [0, 0.1) is 0 Å². The maximum atomic E-state index is 2.51. The third-order valence-corrected chi connectivity index (χ3v) is 2.96. The molecule has 1 fully saturated rings. The van der Waals surface area contributed by atoms with Crippen LogP contribution in [-0.4, -0.2) is 6.04 Å². The van der Waals surface area contributed by atoms with Gasteiger partial charge in [0, 0.05) is 12.0 Å². The summed E-state index contributed by atoms with van der Waals surface area (Å²) in [6, 6.07) is 12.4. The summed E-state index contributed by atoms with van der Waals surface area (Å²) in [5.74, 6) is 0. The average Bonchev–Trinajstić information content (AvgIpc) is 2.19. The Morgan fingerprint density at radius 1 is 1.15 bits per heavy atom. The highest BCUT2D eigenvalue weighted by molar-refractivity contribution is 5.17. The number of rotatable bonds is 1. The van der Waals surface area contributed by atoms with Gasteiger partial charge in [-0.1, -0.05) is 30.3 Å². The van der Waals surface area contributed by atoms with Crippen LogP contribution in [-0.2, 0) is 0 Å². The number of benzene rings is 1. The summed E-state index contributed by atoms with van der Waals surface area (Å²) in [6.45, 7) is 2.33. The van der Waals surface area contributed by atoms with Crippen molar-refractivity contribution in [3.63, 3.8) is 0 Å². The van der Waals surface area contributed by atoms with Crippen molar-refractivity contribution in [1.29, 1.82) is 0 Å². The van der Waals surface area contributed by atoms with Crippen molar-refractivity contribution < 1.29 is 5.32 Å². The Bertz CT molecular complexity index is 255. The lowest BCUT2D eigenvalue weighted by Crippen LogP contribution is -2.91. The van der Waals surface area contributed by atoms with Crippen LogP contribution in [0.25, 0.3) is 0 Å². The molecular formula is C12H18N+. The Kier molecular flexibility index (Phi) is 2.65. The largest absolute Gasteiger partial charge is 0.338 e. The topological polar surface area (TPSA) is 16.6 Å². The van der Waals surface area contributed by atoms with Gasteiger partial charge in [0.15, 0.2) is 0 Å². The van der Waals surface area contributed by atoms with Gasteiger partial charge >= 0.3 is 0 Å². The molecule has 2 N–H and O–H groups in total. The van der Waals surface area contributed by atoms with E-state index in [0.29, 0.717) is 6.04 Å². The van der Waals surface area contributed by atoms with Crippen molar-refractivity contribution in [3.05, 3.63) is 35.9 Å². The first-order valence-electron chi connectivity index (χ1n) is 5.26. The summed E-state index contributed by atoms with van der Waals surface area (Å²) < 4.78 is 0. The third-order valence-electron chi connectivity index (χ3n) is 2.96. The number of quaternary nitrogens is 1. The second kappa shape index (κ2) is 3.93. The normalized spacial score (nSPS) is 28.7. The first-order chi connectivity index (χ1) is 6.36. The molecule has 1 aliphatic heterocycles. The molecule has 1 saturated heterocycles. The predicted molar refractivity (Wildman–Crippen MR) is 54.4 cm³/mol. The van der Waals surface area contributed by atoms with Crippen LogP contribution < -0.4 is 5.32 Å². The second-order valence-corrected chi connectivity index (χ2v) is 4.12. The average molecular weight is 176 g/mol. The number of hydrogen-bond donors (Lipinski definition) is 1. The lowest BCUT2D eigenvalue weighted by atomic mass is 9.94. The Labute approximate surface area is 80.2 Å². The molecule has 0 spiro atoms. The van der Waals surface area contributed by atoms with Crippen LogP contribution in [0.2, 0.25) is 0 Å². The van der Waals surface area contributed by atoms with E-state index in [-0.39, 0.29) is 0 Å². The van der Waals surface area contributed by atoms with Crippen molar-refractivity contribution in [2.45, 2.75) is 38.3 Å². The van der Waals surface area contributed by atoms with Gasteiger partial charge in [0.25, 0.3) is 0 Å². The Morgan fingerprint density at radius 3 is 2.62 bits per heavy atom. The van der Waals surface area contributed by atoms with Gasteiger partial charge in [-0.15, -0.1) is 0 Å². The molecule has 1 aromatic carbocycles. The molecule has 1 aliphatic rings. The zero-order chi connectivity index (χ0) is 9.10. The fourth-order valence-electron chi connectivity index (χ4n) is 2.23. The van der Waals surface area contributed by atoms with Crippen LogP contribution in [0.5, 0.6) is 0 Å². The Balaban J connectivity index is 2.08. The van der Waals surface area contributed by atoms with Gasteiger partial charge in [0.1, 0.15) is 6.04 Å². The molecule has 0 radical (unpaired) electrons. The molecule has 1 nitrogen and oxygen atoms in total. The van der Waals surface area contributed by atoms with Crippen LogP contribution in [0.1, 0.15) is 37.8 Å². The molecule has 0 unspecified atom stereocenters. The fourth-order valence-corrected chi connectivity index (χ4v) is 2.23. The molecule has 0 aliphatic carbocycles. The van der Waals surface area contributed by atoms with Crippen molar-refractivity contribution >= 4 is 0 Å². The number of nitrogens with two attached hydrogens (primary N) is 1. The van der Waals surface area contributed by atoms with Gasteiger partial charge in [0.05, 0.1) is 6.04 Å². The fraction of sp³-hybridized carbons (Fsp3) is 0.500. The zero-order valence-corrected chi connectivity index (χ0v) is 8.24. The van der Waals surface area contributed by atoms with E-state index in [1.807, 2.05) is 0 Å². The van der Waals surface area contributed by atoms with Gasteiger partial charge in [-0.3, -0.25) is 0 Å². The first-order valence-corrected chi connectivity index (χ1v) is 5.26. The smallest absolute Gasteiger partial charge is 0.112 e. The highest BCUT2D eigenvalue weighted by atomic mass is 15.0. The van der Waals surface area contributed by atoms with Crippen molar-refractivity contribution in [2.24, 2.45) is 0 Å². The van der Waals surface area contributed by atoms with E-state index in [9.17, 15) is 0 Å². The molecule has 0 bridgehead atoms. The quantitative estimate of drug-likeness (QED) is 0.672. The summed E-state index contributed by atoms with van der Waals surface area (Å²) in [7, 11) is 0. The number of hydrogen-bond acceptors (Lipinski definition) is 0. The molecule has 70 valence electrons. The van der Waals surface area contributed by atoms with Crippen LogP contribution in [0.4, 0.5) is 0 Å². The lowest BCUT2D eigenvalue weighted by molar-refractivity contribution is -0.733. The summed E-state index contributed by atoms with van der Waals surface area (Å²) >= 11 is 0. The predicted octanol–water partition coefficient (Wildman–Crippen LogP) is 1.86. The highest BCUT2D eigenvalue weighted by Crippen LogP contribution is 2.19. The molecular weight excluding hydrogens is 158 g/mol. The van der Waals surface area contributed by atoms with Crippen LogP contribution in [0.15, 0.2) is 30.3 Å². The molecule has 13 heavy (non-hydrogen) atoms. The molecule has 1 heteroatoms. The van der Waals surface area contributed by atoms with E-state index in [0.717, 1.165) is 6.04 Å². The van der Waals surface area contributed by atoms with E-state index in [2.05, 4.69) is 42.6 Å². The minimum atomic E-state index is 0.713. The van der Waals surface area contributed by atoms with E-state index >= 15 is 0 Å². The standard InChI is InChI=1S/C12H17N/c1-10-6-5-9-12(13-10)11-7-3-2-4-8-11/h2-4,7-8,10,12-13H,5-6,9H2,1H3/p+1/t10-,12-/m1/s1. The lowest BCUT2D eigenvalue weighted by Gasteiger charge is -2.25. The highest BCUT2D eigenvalue weighted by Gasteiger charge is 2.22. The van der Waals surface area contributed by atoms with E-state index in [1.54, 1.807) is 0 Å². The first kappa shape index (κ1) is 8.76. The summed E-state index contributed by atoms with van der Waals surface area (Å²) in [6.07, 6.45) is 4.11. The Hall–Kier alpha value is -0.820. The van der Waals surface area contributed by atoms with Gasteiger partial charge in [-0.05, 0) is 19.8 Å². The van der Waals surface area contributed by atoms with E-state index < -0.39 is 0 Å². The molecule has 0 saturated carbocycles. The summed E-state index contributed by atoms with van der Waals surface area (Å²) in [5.41, 5.74) is 1.49. The Morgan fingerprint density at radius 2 is 1.92 bits per heavy atom. The van der Waals surface area contributed by atoms with Gasteiger partial charge in [-0.2, -0.15) is 0 Å². The molecule has 1 aromatic rings. The number of piperidine rings is 1. The minimum Gasteiger partial charge on any atom is -0.338 e. The minimum absolute atomic E-state index is 0.713. The van der Waals surface area contributed by atoms with Gasteiger partial charge in [0.2, 0.25) is 0 Å². The monoisotopic (exact) mass is 176 g/mol. The maximum absolute atomic E-state index is 2.51.